The molecule has 2 aromatic rings. The normalized spacial score (nSPS) is 13.8. The van der Waals surface area contributed by atoms with E-state index in [9.17, 15) is 0 Å². The molecule has 0 aliphatic rings. The monoisotopic (exact) mass is 212 g/mol. The average molecular weight is 213 g/mol. The van der Waals surface area contributed by atoms with Gasteiger partial charge in [0.1, 0.15) is 11.3 Å². The molecule has 14 heavy (non-hydrogen) atoms. The van der Waals surface area contributed by atoms with Gasteiger partial charge in [0.15, 0.2) is 5.65 Å². The molecule has 1 atom stereocenters. The molecule has 0 bridgehead atoms. The third kappa shape index (κ3) is 1.14. The molecule has 0 spiro atoms. The first kappa shape index (κ1) is 9.52. The fourth-order valence-electron chi connectivity index (χ4n) is 1.80. The predicted octanol–water partition coefficient (Wildman–Crippen LogP) is 1.92. The molecule has 0 radical (unpaired) electrons. The zero-order valence-corrected chi connectivity index (χ0v) is 9.50. The highest BCUT2D eigenvalue weighted by molar-refractivity contribution is 6.20. The van der Waals surface area contributed by atoms with Gasteiger partial charge in [-0.15, -0.1) is 11.6 Å². The second-order valence-electron chi connectivity index (χ2n) is 3.53. The molecule has 0 aliphatic heterocycles. The van der Waals surface area contributed by atoms with Gasteiger partial charge < -0.3 is 4.57 Å². The molecule has 4 nitrogen and oxygen atoms in total. The van der Waals surface area contributed by atoms with Gasteiger partial charge in [-0.25, -0.2) is 4.98 Å². The molecule has 76 valence electrons. The molecule has 0 saturated heterocycles. The third-order valence-electron chi connectivity index (χ3n) is 2.40. The Morgan fingerprint density at radius 1 is 1.36 bits per heavy atom. The van der Waals surface area contributed by atoms with Crippen molar-refractivity contribution in [2.24, 2.45) is 14.1 Å². The lowest BCUT2D eigenvalue weighted by Crippen LogP contribution is -2.02. The van der Waals surface area contributed by atoms with E-state index < -0.39 is 0 Å². The van der Waals surface area contributed by atoms with Crippen LogP contribution in [0.2, 0.25) is 0 Å². The highest BCUT2D eigenvalue weighted by Gasteiger charge is 2.17. The first-order valence-corrected chi connectivity index (χ1v) is 4.96. The van der Waals surface area contributed by atoms with E-state index in [4.69, 9.17) is 11.6 Å². The number of nitrogens with zero attached hydrogens (tertiary/aromatic N) is 4. The molecular weight excluding hydrogens is 200 g/mol. The summed E-state index contributed by atoms with van der Waals surface area (Å²) < 4.78 is 3.83. The van der Waals surface area contributed by atoms with E-state index >= 15 is 0 Å². The first-order chi connectivity index (χ1) is 6.52. The summed E-state index contributed by atoms with van der Waals surface area (Å²) in [4.78, 5) is 4.48. The Hall–Kier alpha value is -1.03. The topological polar surface area (TPSA) is 35.6 Å². The standard InChI is InChI=1S/C9H13ClN4/c1-5(10)8-11-7-6(2)12-14(4)9(7)13(8)3/h5H,1-4H3. The Morgan fingerprint density at radius 2 is 2.00 bits per heavy atom. The number of alkyl halides is 1. The molecule has 2 rings (SSSR count). The van der Waals surface area contributed by atoms with E-state index in [0.717, 1.165) is 22.7 Å². The van der Waals surface area contributed by atoms with Crippen LogP contribution >= 0.6 is 11.6 Å². The average Bonchev–Trinajstić information content (AvgIpc) is 2.54. The molecule has 0 aromatic carbocycles. The van der Waals surface area contributed by atoms with Crippen LogP contribution in [0.4, 0.5) is 0 Å². The fraction of sp³-hybridized carbons (Fsp3) is 0.556. The van der Waals surface area contributed by atoms with E-state index in [1.54, 1.807) is 0 Å². The first-order valence-electron chi connectivity index (χ1n) is 4.52. The molecule has 0 fully saturated rings. The molecule has 5 heteroatoms. The van der Waals surface area contributed by atoms with Gasteiger partial charge in [-0.05, 0) is 13.8 Å². The number of halogens is 1. The Balaban J connectivity index is 2.81. The highest BCUT2D eigenvalue weighted by Crippen LogP contribution is 2.24. The molecular formula is C9H13ClN4. The Kier molecular flexibility index (Phi) is 2.03. The van der Waals surface area contributed by atoms with Crippen molar-refractivity contribution >= 4 is 22.8 Å². The quantitative estimate of drug-likeness (QED) is 0.677. The van der Waals surface area contributed by atoms with Crippen molar-refractivity contribution in [1.82, 2.24) is 19.3 Å². The van der Waals surface area contributed by atoms with E-state index in [-0.39, 0.29) is 5.38 Å². The van der Waals surface area contributed by atoms with Gasteiger partial charge >= 0.3 is 0 Å². The maximum absolute atomic E-state index is 6.03. The van der Waals surface area contributed by atoms with Gasteiger partial charge in [-0.3, -0.25) is 4.68 Å². The summed E-state index contributed by atoms with van der Waals surface area (Å²) in [7, 11) is 3.88. The van der Waals surface area contributed by atoms with E-state index in [1.807, 2.05) is 37.2 Å². The van der Waals surface area contributed by atoms with Crippen LogP contribution in [-0.2, 0) is 14.1 Å². The van der Waals surface area contributed by atoms with E-state index in [1.165, 1.54) is 0 Å². The fourth-order valence-corrected chi connectivity index (χ4v) is 1.99. The summed E-state index contributed by atoms with van der Waals surface area (Å²) >= 11 is 6.03. The lowest BCUT2D eigenvalue weighted by molar-refractivity contribution is 0.721. The molecule has 0 N–H and O–H groups in total. The van der Waals surface area contributed by atoms with Gasteiger partial charge in [0.25, 0.3) is 0 Å². The van der Waals surface area contributed by atoms with Gasteiger partial charge in [-0.1, -0.05) is 0 Å². The summed E-state index contributed by atoms with van der Waals surface area (Å²) in [5, 5.41) is 4.22. The Labute approximate surface area is 87.5 Å². The smallest absolute Gasteiger partial charge is 0.158 e. The van der Waals surface area contributed by atoms with Crippen LogP contribution < -0.4 is 0 Å². The zero-order chi connectivity index (χ0) is 10.5. The summed E-state index contributed by atoms with van der Waals surface area (Å²) in [6.07, 6.45) is 0. The van der Waals surface area contributed by atoms with Crippen LogP contribution in [0.15, 0.2) is 0 Å². The van der Waals surface area contributed by atoms with Crippen LogP contribution in [0.5, 0.6) is 0 Å². The maximum atomic E-state index is 6.03. The van der Waals surface area contributed by atoms with Gasteiger partial charge in [-0.2, -0.15) is 5.10 Å². The summed E-state index contributed by atoms with van der Waals surface area (Å²) in [5.41, 5.74) is 2.91. The maximum Gasteiger partial charge on any atom is 0.158 e. The van der Waals surface area contributed by atoms with Crippen molar-refractivity contribution in [2.45, 2.75) is 19.2 Å². The van der Waals surface area contributed by atoms with Gasteiger partial charge in [0.2, 0.25) is 0 Å². The number of hydrogen-bond donors (Lipinski definition) is 0. The zero-order valence-electron chi connectivity index (χ0n) is 8.74. The number of rotatable bonds is 1. The minimum atomic E-state index is -0.0770. The number of fused-ring (bicyclic) bond motifs is 1. The SMILES string of the molecule is Cc1nn(C)c2c1nc(C(C)Cl)n2C. The number of aryl methyl sites for hydroxylation is 3. The summed E-state index contributed by atoms with van der Waals surface area (Å²) in [6, 6.07) is 0. The van der Waals surface area contributed by atoms with Gasteiger partial charge in [0, 0.05) is 14.1 Å². The highest BCUT2D eigenvalue weighted by atomic mass is 35.5. The van der Waals surface area contributed by atoms with Crippen LogP contribution in [0.25, 0.3) is 11.2 Å². The number of imidazole rings is 1. The molecule has 1 unspecified atom stereocenters. The van der Waals surface area contributed by atoms with Crippen LogP contribution in [0.3, 0.4) is 0 Å². The van der Waals surface area contributed by atoms with Crippen molar-refractivity contribution in [3.63, 3.8) is 0 Å². The largest absolute Gasteiger partial charge is 0.315 e. The molecule has 2 aromatic heterocycles. The van der Waals surface area contributed by atoms with Crippen LogP contribution in [-0.4, -0.2) is 19.3 Å². The molecule has 0 aliphatic carbocycles. The summed E-state index contributed by atoms with van der Waals surface area (Å²) in [6.45, 7) is 3.88. The molecule has 0 saturated carbocycles. The minimum Gasteiger partial charge on any atom is -0.315 e. The minimum absolute atomic E-state index is 0.0770. The molecule has 2 heterocycles. The second kappa shape index (κ2) is 2.98. The molecule has 0 amide bonds. The lowest BCUT2D eigenvalue weighted by Gasteiger charge is -2.03. The van der Waals surface area contributed by atoms with Crippen LogP contribution in [0, 0.1) is 6.92 Å². The van der Waals surface area contributed by atoms with Crippen molar-refractivity contribution in [2.75, 3.05) is 0 Å². The van der Waals surface area contributed by atoms with Crippen molar-refractivity contribution in [3.05, 3.63) is 11.5 Å². The van der Waals surface area contributed by atoms with Crippen molar-refractivity contribution in [1.29, 1.82) is 0 Å². The van der Waals surface area contributed by atoms with E-state index in [0.29, 0.717) is 0 Å². The van der Waals surface area contributed by atoms with Crippen molar-refractivity contribution in [3.8, 4) is 0 Å². The number of aromatic nitrogens is 4. The predicted molar refractivity (Wildman–Crippen MR) is 56.5 cm³/mol. The Morgan fingerprint density at radius 3 is 2.50 bits per heavy atom. The van der Waals surface area contributed by atoms with Crippen LogP contribution in [0.1, 0.15) is 23.8 Å². The van der Waals surface area contributed by atoms with Gasteiger partial charge in [0.05, 0.1) is 11.1 Å². The number of hydrogen-bond acceptors (Lipinski definition) is 2. The Bertz CT molecular complexity index is 480. The third-order valence-corrected chi connectivity index (χ3v) is 2.60. The summed E-state index contributed by atoms with van der Waals surface area (Å²) in [5.74, 6) is 0.887. The van der Waals surface area contributed by atoms with Crippen molar-refractivity contribution < 1.29 is 0 Å². The lowest BCUT2D eigenvalue weighted by atomic mass is 10.4. The second-order valence-corrected chi connectivity index (χ2v) is 4.18. The van der Waals surface area contributed by atoms with E-state index in [2.05, 4.69) is 10.1 Å².